The third kappa shape index (κ3) is 3.33. The van der Waals surface area contributed by atoms with E-state index >= 15 is 0 Å². The van der Waals surface area contributed by atoms with E-state index in [4.69, 9.17) is 4.74 Å². The number of nitrogens with one attached hydrogen (secondary N) is 1. The predicted molar refractivity (Wildman–Crippen MR) is 102 cm³/mol. The van der Waals surface area contributed by atoms with Crippen molar-refractivity contribution in [2.75, 3.05) is 7.11 Å². The Labute approximate surface area is 160 Å². The number of benzene rings is 1. The van der Waals surface area contributed by atoms with E-state index in [0.717, 1.165) is 62.2 Å². The number of methoxy groups -OCH3 is 1. The highest BCUT2D eigenvalue weighted by Gasteiger charge is 2.45. The lowest BCUT2D eigenvalue weighted by atomic mass is 9.77. The van der Waals surface area contributed by atoms with Gasteiger partial charge in [-0.25, -0.2) is 9.67 Å². The molecule has 0 aliphatic heterocycles. The molecule has 0 spiro atoms. The van der Waals surface area contributed by atoms with Crippen molar-refractivity contribution in [1.29, 1.82) is 0 Å². The molecule has 2 aliphatic carbocycles. The normalized spacial score (nSPS) is 19.6. The molecule has 2 saturated carbocycles. The SMILES string of the molecule is CCn1ncnc1[C@@H](NC(=O)C1(c2ccc(OC)cc2)CCCC1)C1CC1. The Hall–Kier alpha value is -2.37. The van der Waals surface area contributed by atoms with Gasteiger partial charge >= 0.3 is 0 Å². The van der Waals surface area contributed by atoms with Crippen LogP contribution in [-0.4, -0.2) is 27.8 Å². The fourth-order valence-electron chi connectivity index (χ4n) is 4.40. The number of carbonyl (C=O) groups excluding carboxylic acids is 1. The van der Waals surface area contributed by atoms with Crippen LogP contribution in [0.15, 0.2) is 30.6 Å². The summed E-state index contributed by atoms with van der Waals surface area (Å²) in [6, 6.07) is 7.95. The van der Waals surface area contributed by atoms with Crippen LogP contribution in [0, 0.1) is 5.92 Å². The Balaban J connectivity index is 1.61. The first-order valence-electron chi connectivity index (χ1n) is 10.0. The molecule has 6 nitrogen and oxygen atoms in total. The molecule has 0 saturated heterocycles. The maximum absolute atomic E-state index is 13.6. The molecular weight excluding hydrogens is 340 g/mol. The number of ether oxygens (including phenoxy) is 1. The molecule has 1 aromatic heterocycles. The Kier molecular flexibility index (Phi) is 4.89. The van der Waals surface area contributed by atoms with Gasteiger partial charge in [0, 0.05) is 6.54 Å². The molecule has 2 fully saturated rings. The quantitative estimate of drug-likeness (QED) is 0.813. The Morgan fingerprint density at radius 2 is 2.00 bits per heavy atom. The third-order valence-corrected chi connectivity index (χ3v) is 6.14. The van der Waals surface area contributed by atoms with Gasteiger partial charge in [-0.3, -0.25) is 4.79 Å². The Bertz CT molecular complexity index is 789. The molecule has 2 aromatic rings. The van der Waals surface area contributed by atoms with Crippen LogP contribution in [0.2, 0.25) is 0 Å². The molecule has 6 heteroatoms. The standard InChI is InChI=1S/C21H28N4O2/c1-3-25-19(22-14-23-25)18(15-6-7-15)24-20(26)21(12-4-5-13-21)16-8-10-17(27-2)11-9-16/h8-11,14-15,18H,3-7,12-13H2,1-2H3,(H,24,26)/t18-/m0/s1. The molecule has 1 aromatic carbocycles. The molecule has 1 atom stereocenters. The van der Waals surface area contributed by atoms with Crippen molar-refractivity contribution < 1.29 is 9.53 Å². The molecule has 0 radical (unpaired) electrons. The summed E-state index contributed by atoms with van der Waals surface area (Å²) in [7, 11) is 1.66. The van der Waals surface area contributed by atoms with Gasteiger partial charge in [0.05, 0.1) is 18.6 Å². The minimum atomic E-state index is -0.448. The zero-order chi connectivity index (χ0) is 18.9. The molecule has 1 heterocycles. The average molecular weight is 368 g/mol. The summed E-state index contributed by atoms with van der Waals surface area (Å²) in [6.45, 7) is 2.82. The van der Waals surface area contributed by atoms with E-state index in [2.05, 4.69) is 22.3 Å². The van der Waals surface area contributed by atoms with Crippen LogP contribution in [0.5, 0.6) is 5.75 Å². The zero-order valence-corrected chi connectivity index (χ0v) is 16.1. The Morgan fingerprint density at radius 3 is 2.59 bits per heavy atom. The summed E-state index contributed by atoms with van der Waals surface area (Å²) < 4.78 is 7.19. The van der Waals surface area contributed by atoms with Gasteiger partial charge in [-0.05, 0) is 56.2 Å². The molecule has 27 heavy (non-hydrogen) atoms. The maximum atomic E-state index is 13.6. The number of aromatic nitrogens is 3. The minimum absolute atomic E-state index is 0.0457. The van der Waals surface area contributed by atoms with Gasteiger partial charge in [0.25, 0.3) is 0 Å². The zero-order valence-electron chi connectivity index (χ0n) is 16.1. The smallest absolute Gasteiger partial charge is 0.231 e. The fourth-order valence-corrected chi connectivity index (χ4v) is 4.40. The van der Waals surface area contributed by atoms with Crippen LogP contribution in [0.1, 0.15) is 62.9 Å². The van der Waals surface area contributed by atoms with Crippen molar-refractivity contribution in [3.8, 4) is 5.75 Å². The molecule has 144 valence electrons. The van der Waals surface area contributed by atoms with Gasteiger partial charge in [0.2, 0.25) is 5.91 Å². The van der Waals surface area contributed by atoms with E-state index in [9.17, 15) is 4.79 Å². The van der Waals surface area contributed by atoms with Gasteiger partial charge in [-0.15, -0.1) is 0 Å². The summed E-state index contributed by atoms with van der Waals surface area (Å²) in [6.07, 6.45) is 7.81. The molecule has 2 aliphatic rings. The monoisotopic (exact) mass is 368 g/mol. The molecule has 0 bridgehead atoms. The minimum Gasteiger partial charge on any atom is -0.497 e. The first kappa shape index (κ1) is 18.0. The Morgan fingerprint density at radius 1 is 1.30 bits per heavy atom. The number of aryl methyl sites for hydroxylation is 1. The molecule has 0 unspecified atom stereocenters. The van der Waals surface area contributed by atoms with E-state index in [1.165, 1.54) is 0 Å². The second-order valence-corrected chi connectivity index (χ2v) is 7.74. The number of nitrogens with zero attached hydrogens (tertiary/aromatic N) is 3. The van der Waals surface area contributed by atoms with Crippen molar-refractivity contribution in [1.82, 2.24) is 20.1 Å². The van der Waals surface area contributed by atoms with Gasteiger partial charge in [-0.1, -0.05) is 25.0 Å². The van der Waals surface area contributed by atoms with Gasteiger partial charge in [0.15, 0.2) is 0 Å². The van der Waals surface area contributed by atoms with Crippen molar-refractivity contribution in [3.63, 3.8) is 0 Å². The van der Waals surface area contributed by atoms with E-state index < -0.39 is 5.41 Å². The van der Waals surface area contributed by atoms with Crippen LogP contribution in [0.4, 0.5) is 0 Å². The van der Waals surface area contributed by atoms with Gasteiger partial charge < -0.3 is 10.1 Å². The number of carbonyl (C=O) groups is 1. The van der Waals surface area contributed by atoms with Crippen LogP contribution in [0.25, 0.3) is 0 Å². The number of rotatable bonds is 7. The highest BCUT2D eigenvalue weighted by atomic mass is 16.5. The predicted octanol–water partition coefficient (Wildman–Crippen LogP) is 3.39. The molecular formula is C21H28N4O2. The third-order valence-electron chi connectivity index (χ3n) is 6.14. The number of hydrogen-bond donors (Lipinski definition) is 1. The van der Waals surface area contributed by atoms with E-state index in [0.29, 0.717) is 5.92 Å². The highest BCUT2D eigenvalue weighted by molar-refractivity contribution is 5.89. The largest absolute Gasteiger partial charge is 0.497 e. The first-order valence-corrected chi connectivity index (χ1v) is 10.0. The van der Waals surface area contributed by atoms with Crippen molar-refractivity contribution in [3.05, 3.63) is 42.0 Å². The first-order chi connectivity index (χ1) is 13.2. The summed E-state index contributed by atoms with van der Waals surface area (Å²) in [5.74, 6) is 2.31. The second kappa shape index (κ2) is 7.33. The lowest BCUT2D eigenvalue weighted by Gasteiger charge is -2.31. The van der Waals surface area contributed by atoms with E-state index in [-0.39, 0.29) is 11.9 Å². The molecule has 4 rings (SSSR count). The van der Waals surface area contributed by atoms with Crippen molar-refractivity contribution >= 4 is 5.91 Å². The van der Waals surface area contributed by atoms with E-state index in [1.54, 1.807) is 13.4 Å². The lowest BCUT2D eigenvalue weighted by Crippen LogP contribution is -2.45. The number of amides is 1. The van der Waals surface area contributed by atoms with Crippen LogP contribution >= 0.6 is 0 Å². The average Bonchev–Trinajstić information content (AvgIpc) is 3.22. The highest BCUT2D eigenvalue weighted by Crippen LogP contribution is 2.45. The van der Waals surface area contributed by atoms with Gasteiger partial charge in [0.1, 0.15) is 17.9 Å². The van der Waals surface area contributed by atoms with E-state index in [1.807, 2.05) is 28.9 Å². The lowest BCUT2D eigenvalue weighted by molar-refractivity contribution is -0.127. The summed E-state index contributed by atoms with van der Waals surface area (Å²) in [4.78, 5) is 18.0. The van der Waals surface area contributed by atoms with Crippen LogP contribution in [-0.2, 0) is 16.8 Å². The topological polar surface area (TPSA) is 69.0 Å². The molecule has 1 N–H and O–H groups in total. The summed E-state index contributed by atoms with van der Waals surface area (Å²) in [5, 5.41) is 7.68. The second-order valence-electron chi connectivity index (χ2n) is 7.74. The van der Waals surface area contributed by atoms with Crippen molar-refractivity contribution in [2.24, 2.45) is 5.92 Å². The van der Waals surface area contributed by atoms with Crippen molar-refractivity contribution in [2.45, 2.75) is 63.5 Å². The van der Waals surface area contributed by atoms with Gasteiger partial charge in [-0.2, -0.15) is 5.10 Å². The summed E-state index contributed by atoms with van der Waals surface area (Å²) >= 11 is 0. The maximum Gasteiger partial charge on any atom is 0.231 e. The molecule has 1 amide bonds. The van der Waals surface area contributed by atoms with Crippen LogP contribution < -0.4 is 10.1 Å². The fraction of sp³-hybridized carbons (Fsp3) is 0.571. The summed E-state index contributed by atoms with van der Waals surface area (Å²) in [5.41, 5.74) is 0.640. The van der Waals surface area contributed by atoms with Crippen LogP contribution in [0.3, 0.4) is 0 Å². The number of hydrogen-bond acceptors (Lipinski definition) is 4.